The summed E-state index contributed by atoms with van der Waals surface area (Å²) in [4.78, 5) is 12.9. The Balaban J connectivity index is 1.29. The molecule has 0 N–H and O–H groups in total. The van der Waals surface area contributed by atoms with Crippen LogP contribution in [-0.4, -0.2) is 65.7 Å². The fourth-order valence-electron chi connectivity index (χ4n) is 5.14. The maximum Gasteiger partial charge on any atom is 0.154 e. The van der Waals surface area contributed by atoms with Crippen LogP contribution in [-0.2, 0) is 4.74 Å². The number of alkyl halides is 1. The van der Waals surface area contributed by atoms with Gasteiger partial charge in [-0.05, 0) is 42.5 Å². The van der Waals surface area contributed by atoms with Gasteiger partial charge in [-0.15, -0.1) is 5.10 Å². The number of hydrogen-bond acceptors (Lipinski definition) is 7. The highest BCUT2D eigenvalue weighted by Crippen LogP contribution is 2.38. The fraction of sp³-hybridized carbons (Fsp3) is 0.321. The van der Waals surface area contributed by atoms with Gasteiger partial charge in [-0.3, -0.25) is 4.98 Å². The smallest absolute Gasteiger partial charge is 0.154 e. The van der Waals surface area contributed by atoms with E-state index < -0.39 is 23.8 Å². The third-order valence-electron chi connectivity index (χ3n) is 7.11. The molecular weight excluding hydrogens is 509 g/mol. The van der Waals surface area contributed by atoms with Crippen LogP contribution in [0.15, 0.2) is 48.8 Å². The molecule has 2 atom stereocenters. The third-order valence-corrected chi connectivity index (χ3v) is 7.11. The second-order valence-corrected chi connectivity index (χ2v) is 9.53. The number of imidazole rings is 1. The van der Waals surface area contributed by atoms with Gasteiger partial charge in [0.25, 0.3) is 0 Å². The van der Waals surface area contributed by atoms with Gasteiger partial charge in [0.1, 0.15) is 35.1 Å². The van der Waals surface area contributed by atoms with E-state index in [9.17, 15) is 13.2 Å². The molecule has 2 fully saturated rings. The van der Waals surface area contributed by atoms with Gasteiger partial charge in [-0.25, -0.2) is 22.7 Å². The Labute approximate surface area is 223 Å². The highest BCUT2D eigenvalue weighted by Gasteiger charge is 2.36. The van der Waals surface area contributed by atoms with E-state index in [2.05, 4.69) is 20.0 Å². The Morgan fingerprint density at radius 1 is 1.03 bits per heavy atom. The van der Waals surface area contributed by atoms with E-state index in [0.717, 1.165) is 37.0 Å². The van der Waals surface area contributed by atoms with Crippen molar-refractivity contribution in [2.75, 3.05) is 49.8 Å². The van der Waals surface area contributed by atoms with Crippen molar-refractivity contribution in [2.24, 2.45) is 0 Å². The van der Waals surface area contributed by atoms with Crippen molar-refractivity contribution >= 4 is 29.3 Å². The van der Waals surface area contributed by atoms with Crippen LogP contribution in [0.1, 0.15) is 29.4 Å². The van der Waals surface area contributed by atoms with Crippen molar-refractivity contribution in [1.29, 1.82) is 0 Å². The molecule has 0 saturated carbocycles. The summed E-state index contributed by atoms with van der Waals surface area (Å²) in [5, 5.41) is 4.69. The van der Waals surface area contributed by atoms with E-state index in [1.807, 2.05) is 24.4 Å². The number of hydrogen-bond donors (Lipinski definition) is 0. The van der Waals surface area contributed by atoms with Crippen LogP contribution >= 0.6 is 0 Å². The van der Waals surface area contributed by atoms with E-state index >= 15 is 0 Å². The molecule has 2 aliphatic rings. The lowest BCUT2D eigenvalue weighted by Gasteiger charge is -2.28. The Kier molecular flexibility index (Phi) is 6.82. The van der Waals surface area contributed by atoms with Crippen LogP contribution in [0.5, 0.6) is 5.75 Å². The Morgan fingerprint density at radius 2 is 1.87 bits per heavy atom. The molecule has 2 aliphatic heterocycles. The van der Waals surface area contributed by atoms with E-state index in [1.165, 1.54) is 0 Å². The average Bonchev–Trinajstić information content (AvgIpc) is 3.56. The standard InChI is InChI=1S/C28H27F3N6O2/c1-38-26-14-21(35-8-10-39-11-9-35)16-32-24(26)5-3-20-15-33-27-6-7-28(34-37(20)27)36-17-19(30)13-25(36)22-12-18(29)2-4-23(22)31/h2-7,12,14-16,19,25H,8-11,13,17H2,1H3/b5-3+/t19-,25+/m0/s1. The summed E-state index contributed by atoms with van der Waals surface area (Å²) in [6.45, 7) is 2.96. The van der Waals surface area contributed by atoms with Crippen LogP contribution in [0, 0.1) is 11.6 Å². The molecule has 0 aliphatic carbocycles. The number of fused-ring (bicyclic) bond motifs is 1. The van der Waals surface area contributed by atoms with Gasteiger partial charge in [-0.2, -0.15) is 0 Å². The summed E-state index contributed by atoms with van der Waals surface area (Å²) in [5.41, 5.74) is 2.97. The van der Waals surface area contributed by atoms with Crippen LogP contribution < -0.4 is 14.5 Å². The number of rotatable bonds is 6. The Bertz CT molecular complexity index is 1520. The summed E-state index contributed by atoms with van der Waals surface area (Å²) in [6, 6.07) is 8.00. The molecule has 2 saturated heterocycles. The number of ether oxygens (including phenoxy) is 2. The van der Waals surface area contributed by atoms with Gasteiger partial charge >= 0.3 is 0 Å². The Hall–Kier alpha value is -4.12. The molecule has 1 aromatic carbocycles. The topological polar surface area (TPSA) is 68.0 Å². The zero-order chi connectivity index (χ0) is 26.9. The summed E-state index contributed by atoms with van der Waals surface area (Å²) in [5.74, 6) is -0.0757. The van der Waals surface area contributed by atoms with Crippen molar-refractivity contribution in [3.8, 4) is 5.75 Å². The van der Waals surface area contributed by atoms with E-state index in [0.29, 0.717) is 41.8 Å². The number of halogens is 3. The molecule has 0 amide bonds. The molecule has 6 rings (SSSR count). The van der Waals surface area contributed by atoms with Gasteiger partial charge in [0.15, 0.2) is 5.65 Å². The van der Waals surface area contributed by atoms with Crippen molar-refractivity contribution in [2.45, 2.75) is 18.6 Å². The van der Waals surface area contributed by atoms with E-state index in [1.54, 1.807) is 34.9 Å². The minimum absolute atomic E-state index is 0.0234. The lowest BCUT2D eigenvalue weighted by molar-refractivity contribution is 0.122. The monoisotopic (exact) mass is 536 g/mol. The Morgan fingerprint density at radius 3 is 2.69 bits per heavy atom. The number of aromatic nitrogens is 4. The molecule has 8 nitrogen and oxygen atoms in total. The zero-order valence-corrected chi connectivity index (χ0v) is 21.3. The van der Waals surface area contributed by atoms with E-state index in [4.69, 9.17) is 9.47 Å². The zero-order valence-electron chi connectivity index (χ0n) is 21.3. The van der Waals surface area contributed by atoms with Gasteiger partial charge in [-0.1, -0.05) is 0 Å². The average molecular weight is 537 g/mol. The minimum Gasteiger partial charge on any atom is -0.494 e. The molecule has 202 valence electrons. The molecule has 0 unspecified atom stereocenters. The number of benzene rings is 1. The lowest BCUT2D eigenvalue weighted by atomic mass is 10.0. The second-order valence-electron chi connectivity index (χ2n) is 9.53. The number of morpholine rings is 1. The van der Waals surface area contributed by atoms with Crippen LogP contribution in [0.2, 0.25) is 0 Å². The van der Waals surface area contributed by atoms with Crippen LogP contribution in [0.25, 0.3) is 17.8 Å². The predicted molar refractivity (Wildman–Crippen MR) is 142 cm³/mol. The van der Waals surface area contributed by atoms with Gasteiger partial charge in [0, 0.05) is 31.1 Å². The quantitative estimate of drug-likeness (QED) is 0.354. The largest absolute Gasteiger partial charge is 0.494 e. The normalized spacial score (nSPS) is 19.9. The molecule has 4 aromatic rings. The van der Waals surface area contributed by atoms with Crippen LogP contribution in [0.4, 0.5) is 24.7 Å². The number of methoxy groups -OCH3 is 1. The molecule has 0 radical (unpaired) electrons. The number of anilines is 2. The predicted octanol–water partition coefficient (Wildman–Crippen LogP) is 4.71. The third kappa shape index (κ3) is 5.01. The highest BCUT2D eigenvalue weighted by atomic mass is 19.1. The molecule has 0 bridgehead atoms. The molecule has 39 heavy (non-hydrogen) atoms. The van der Waals surface area contributed by atoms with Crippen molar-refractivity contribution in [3.05, 3.63) is 77.4 Å². The van der Waals surface area contributed by atoms with Gasteiger partial charge in [0.2, 0.25) is 0 Å². The first-order chi connectivity index (χ1) is 19.0. The summed E-state index contributed by atoms with van der Waals surface area (Å²) in [7, 11) is 1.60. The second kappa shape index (κ2) is 10.6. The maximum atomic E-state index is 14.6. The van der Waals surface area contributed by atoms with Crippen molar-refractivity contribution in [3.63, 3.8) is 0 Å². The first kappa shape index (κ1) is 25.2. The molecule has 3 aromatic heterocycles. The van der Waals surface area contributed by atoms with Crippen molar-refractivity contribution in [1.82, 2.24) is 19.6 Å². The first-order valence-electron chi connectivity index (χ1n) is 12.8. The number of pyridine rings is 1. The number of nitrogens with zero attached hydrogens (tertiary/aromatic N) is 6. The fourth-order valence-corrected chi connectivity index (χ4v) is 5.14. The molecule has 5 heterocycles. The first-order valence-corrected chi connectivity index (χ1v) is 12.8. The van der Waals surface area contributed by atoms with E-state index in [-0.39, 0.29) is 18.5 Å². The molecule has 0 spiro atoms. The van der Waals surface area contributed by atoms with Gasteiger partial charge < -0.3 is 19.3 Å². The lowest BCUT2D eigenvalue weighted by Crippen LogP contribution is -2.36. The highest BCUT2D eigenvalue weighted by molar-refractivity contribution is 5.71. The summed E-state index contributed by atoms with van der Waals surface area (Å²) in [6.07, 6.45) is 5.96. The SMILES string of the molecule is COc1cc(N2CCOCC2)cnc1/C=C/c1cnc2ccc(N3C[C@@H](F)C[C@@H]3c3cc(F)ccc3F)nn12. The van der Waals surface area contributed by atoms with Gasteiger partial charge in [0.05, 0.1) is 56.7 Å². The maximum absolute atomic E-state index is 14.6. The summed E-state index contributed by atoms with van der Waals surface area (Å²) >= 11 is 0. The molecular formula is C28H27F3N6O2. The molecule has 11 heteroatoms. The van der Waals surface area contributed by atoms with Crippen molar-refractivity contribution < 1.29 is 22.6 Å². The summed E-state index contributed by atoms with van der Waals surface area (Å²) < 4.78 is 55.7. The van der Waals surface area contributed by atoms with Crippen LogP contribution in [0.3, 0.4) is 0 Å². The minimum atomic E-state index is -1.20.